The molecular formula is C9H19NO. The van der Waals surface area contributed by atoms with Crippen molar-refractivity contribution >= 4 is 0 Å². The average molecular weight is 157 g/mol. The fraction of sp³-hybridized carbons (Fsp3) is 1.00. The predicted molar refractivity (Wildman–Crippen MR) is 45.5 cm³/mol. The van der Waals surface area contributed by atoms with Crippen LogP contribution in [0.25, 0.3) is 0 Å². The third-order valence-corrected chi connectivity index (χ3v) is 2.84. The van der Waals surface area contributed by atoms with Gasteiger partial charge in [0.15, 0.2) is 0 Å². The quantitative estimate of drug-likeness (QED) is 0.602. The lowest BCUT2D eigenvalue weighted by atomic mass is 9.78. The van der Waals surface area contributed by atoms with Crippen molar-refractivity contribution in [3.05, 3.63) is 0 Å². The number of rotatable bonds is 2. The molecule has 1 aliphatic rings. The molecule has 2 nitrogen and oxygen atoms in total. The number of hydrogen-bond donors (Lipinski definition) is 2. The van der Waals surface area contributed by atoms with Crippen LogP contribution in [-0.2, 0) is 0 Å². The van der Waals surface area contributed by atoms with E-state index >= 15 is 0 Å². The van der Waals surface area contributed by atoms with E-state index in [0.717, 1.165) is 6.42 Å². The van der Waals surface area contributed by atoms with Crippen LogP contribution in [0.3, 0.4) is 0 Å². The lowest BCUT2D eigenvalue weighted by molar-refractivity contribution is 0.0598. The van der Waals surface area contributed by atoms with Crippen LogP contribution in [0, 0.1) is 11.8 Å². The Morgan fingerprint density at radius 2 is 1.91 bits per heavy atom. The molecule has 0 radical (unpaired) electrons. The maximum atomic E-state index is 8.86. The summed E-state index contributed by atoms with van der Waals surface area (Å²) in [7, 11) is 0. The van der Waals surface area contributed by atoms with E-state index in [-0.39, 0.29) is 0 Å². The smallest absolute Gasteiger partial charge is 0.0350 e. The second-order valence-electron chi connectivity index (χ2n) is 3.93. The van der Waals surface area contributed by atoms with E-state index in [0.29, 0.717) is 17.9 Å². The van der Waals surface area contributed by atoms with Gasteiger partial charge in [-0.1, -0.05) is 26.7 Å². The normalized spacial score (nSPS) is 32.7. The maximum Gasteiger partial charge on any atom is 0.0350 e. The zero-order valence-corrected chi connectivity index (χ0v) is 7.51. The minimum Gasteiger partial charge on any atom is -0.317 e. The van der Waals surface area contributed by atoms with Gasteiger partial charge in [-0.25, -0.2) is 5.48 Å². The van der Waals surface area contributed by atoms with Crippen LogP contribution in [-0.4, -0.2) is 11.2 Å². The van der Waals surface area contributed by atoms with Crippen molar-refractivity contribution in [3.8, 4) is 0 Å². The van der Waals surface area contributed by atoms with Gasteiger partial charge in [-0.2, -0.15) is 0 Å². The molecule has 66 valence electrons. The zero-order valence-electron chi connectivity index (χ0n) is 7.51. The van der Waals surface area contributed by atoms with E-state index in [2.05, 4.69) is 19.3 Å². The van der Waals surface area contributed by atoms with Crippen LogP contribution < -0.4 is 5.48 Å². The van der Waals surface area contributed by atoms with Crippen molar-refractivity contribution in [2.24, 2.45) is 11.8 Å². The minimum absolute atomic E-state index is 0.351. The van der Waals surface area contributed by atoms with Crippen LogP contribution in [0.1, 0.15) is 39.5 Å². The average Bonchev–Trinajstić information content (AvgIpc) is 2.04. The first-order valence-electron chi connectivity index (χ1n) is 4.65. The molecule has 1 aliphatic carbocycles. The van der Waals surface area contributed by atoms with Crippen LogP contribution in [0.2, 0.25) is 0 Å². The van der Waals surface area contributed by atoms with Gasteiger partial charge in [-0.15, -0.1) is 0 Å². The summed E-state index contributed by atoms with van der Waals surface area (Å²) in [5.74, 6) is 1.37. The molecule has 0 saturated heterocycles. The van der Waals surface area contributed by atoms with Gasteiger partial charge in [0.05, 0.1) is 0 Å². The summed E-state index contributed by atoms with van der Waals surface area (Å²) in [6, 6.07) is 0.351. The Labute approximate surface area is 69.0 Å². The van der Waals surface area contributed by atoms with E-state index < -0.39 is 0 Å². The second-order valence-corrected chi connectivity index (χ2v) is 3.93. The van der Waals surface area contributed by atoms with E-state index in [9.17, 15) is 0 Å². The van der Waals surface area contributed by atoms with Crippen LogP contribution in [0.4, 0.5) is 0 Å². The highest BCUT2D eigenvalue weighted by Crippen LogP contribution is 2.29. The summed E-state index contributed by atoms with van der Waals surface area (Å²) in [6.07, 6.45) is 5.01. The molecule has 0 aliphatic heterocycles. The van der Waals surface area contributed by atoms with Gasteiger partial charge in [0.1, 0.15) is 0 Å². The zero-order chi connectivity index (χ0) is 8.27. The number of hydrogen-bond acceptors (Lipinski definition) is 2. The van der Waals surface area contributed by atoms with Gasteiger partial charge in [-0.3, -0.25) is 0 Å². The van der Waals surface area contributed by atoms with Crippen molar-refractivity contribution in [1.82, 2.24) is 5.48 Å². The number of nitrogens with one attached hydrogen (secondary N) is 1. The highest BCUT2D eigenvalue weighted by molar-refractivity contribution is 4.80. The summed E-state index contributed by atoms with van der Waals surface area (Å²) in [5.41, 5.74) is 2.44. The molecule has 0 aromatic rings. The first-order chi connectivity index (χ1) is 5.25. The molecule has 0 spiro atoms. The SMILES string of the molecule is CC(C)C1CCCCC1NO. The summed E-state index contributed by atoms with van der Waals surface area (Å²) in [5, 5.41) is 8.86. The van der Waals surface area contributed by atoms with E-state index in [1.165, 1.54) is 19.3 Å². The highest BCUT2D eigenvalue weighted by Gasteiger charge is 2.26. The summed E-state index contributed by atoms with van der Waals surface area (Å²) in [6.45, 7) is 4.47. The third kappa shape index (κ3) is 2.17. The van der Waals surface area contributed by atoms with E-state index in [1.807, 2.05) is 0 Å². The molecule has 2 unspecified atom stereocenters. The van der Waals surface area contributed by atoms with Crippen molar-refractivity contribution in [1.29, 1.82) is 0 Å². The molecule has 2 N–H and O–H groups in total. The van der Waals surface area contributed by atoms with Crippen LogP contribution >= 0.6 is 0 Å². The molecule has 0 bridgehead atoms. The summed E-state index contributed by atoms with van der Waals surface area (Å²) < 4.78 is 0. The topological polar surface area (TPSA) is 32.3 Å². The minimum atomic E-state index is 0.351. The largest absolute Gasteiger partial charge is 0.317 e. The van der Waals surface area contributed by atoms with E-state index in [4.69, 9.17) is 5.21 Å². The molecule has 0 amide bonds. The van der Waals surface area contributed by atoms with Gasteiger partial charge in [-0.05, 0) is 24.7 Å². The molecule has 11 heavy (non-hydrogen) atoms. The molecule has 2 heteroatoms. The van der Waals surface area contributed by atoms with Gasteiger partial charge in [0.25, 0.3) is 0 Å². The lowest BCUT2D eigenvalue weighted by Gasteiger charge is -2.33. The lowest BCUT2D eigenvalue weighted by Crippen LogP contribution is -2.38. The van der Waals surface area contributed by atoms with Gasteiger partial charge in [0, 0.05) is 6.04 Å². The number of hydroxylamine groups is 1. The molecule has 1 saturated carbocycles. The highest BCUT2D eigenvalue weighted by atomic mass is 16.5. The monoisotopic (exact) mass is 157 g/mol. The fourth-order valence-corrected chi connectivity index (χ4v) is 2.12. The molecule has 0 aromatic heterocycles. The Morgan fingerprint density at radius 3 is 2.36 bits per heavy atom. The van der Waals surface area contributed by atoms with Crippen LogP contribution in [0.15, 0.2) is 0 Å². The van der Waals surface area contributed by atoms with Crippen molar-refractivity contribution in [3.63, 3.8) is 0 Å². The van der Waals surface area contributed by atoms with Crippen molar-refractivity contribution < 1.29 is 5.21 Å². The Morgan fingerprint density at radius 1 is 1.27 bits per heavy atom. The standard InChI is InChI=1S/C9H19NO/c1-7(2)8-5-3-4-6-9(8)10-11/h7-11H,3-6H2,1-2H3. The first kappa shape index (κ1) is 9.01. The van der Waals surface area contributed by atoms with E-state index in [1.54, 1.807) is 0 Å². The Balaban J connectivity index is 2.44. The van der Waals surface area contributed by atoms with Crippen molar-refractivity contribution in [2.75, 3.05) is 0 Å². The molecule has 1 rings (SSSR count). The Bertz CT molecular complexity index is 114. The second kappa shape index (κ2) is 4.07. The summed E-state index contributed by atoms with van der Waals surface area (Å²) in [4.78, 5) is 0. The molecule has 1 fully saturated rings. The third-order valence-electron chi connectivity index (χ3n) is 2.84. The maximum absolute atomic E-state index is 8.86. The predicted octanol–water partition coefficient (Wildman–Crippen LogP) is 2.18. The first-order valence-corrected chi connectivity index (χ1v) is 4.65. The molecule has 0 aromatic carbocycles. The van der Waals surface area contributed by atoms with Crippen LogP contribution in [0.5, 0.6) is 0 Å². The Kier molecular flexibility index (Phi) is 3.34. The molecular weight excluding hydrogens is 138 g/mol. The summed E-state index contributed by atoms with van der Waals surface area (Å²) >= 11 is 0. The molecule has 0 heterocycles. The molecule has 2 atom stereocenters. The Hall–Kier alpha value is -0.0800. The van der Waals surface area contributed by atoms with Crippen molar-refractivity contribution in [2.45, 2.75) is 45.6 Å². The van der Waals surface area contributed by atoms with Gasteiger partial charge < -0.3 is 5.21 Å². The van der Waals surface area contributed by atoms with Gasteiger partial charge >= 0.3 is 0 Å². The fourth-order valence-electron chi connectivity index (χ4n) is 2.12. The van der Waals surface area contributed by atoms with Gasteiger partial charge in [0.2, 0.25) is 0 Å².